The molecular formula is C18H18N4O3. The number of carbonyl (C=O) groups is 1. The zero-order valence-corrected chi connectivity index (χ0v) is 14.2. The summed E-state index contributed by atoms with van der Waals surface area (Å²) in [6.45, 7) is 5.77. The van der Waals surface area contributed by atoms with E-state index >= 15 is 0 Å². The number of amides is 1. The molecule has 7 nitrogen and oxygen atoms in total. The molecule has 0 aliphatic rings. The summed E-state index contributed by atoms with van der Waals surface area (Å²) in [4.78, 5) is 27.4. The number of carbonyl (C=O) groups excluding carboxylic acids is 1. The number of aryl methyl sites for hydroxylation is 3. The van der Waals surface area contributed by atoms with Gasteiger partial charge in [-0.1, -0.05) is 12.1 Å². The molecule has 1 N–H and O–H groups in total. The maximum atomic E-state index is 12.4. The lowest BCUT2D eigenvalue weighted by molar-refractivity contribution is -0.384. The van der Waals surface area contributed by atoms with Crippen molar-refractivity contribution in [2.45, 2.75) is 27.3 Å². The van der Waals surface area contributed by atoms with E-state index < -0.39 is 4.92 Å². The number of para-hydroxylation sites is 1. The lowest BCUT2D eigenvalue weighted by Gasteiger charge is -2.10. The molecule has 0 bridgehead atoms. The first-order chi connectivity index (χ1) is 11.9. The molecule has 0 radical (unpaired) electrons. The highest BCUT2D eigenvalue weighted by atomic mass is 16.6. The monoisotopic (exact) mass is 338 g/mol. The maximum Gasteiger partial charge on any atom is 0.293 e. The van der Waals surface area contributed by atoms with Crippen LogP contribution in [0.5, 0.6) is 0 Å². The molecule has 0 saturated heterocycles. The number of aromatic nitrogens is 2. The summed E-state index contributed by atoms with van der Waals surface area (Å²) in [7, 11) is 0. The highest BCUT2D eigenvalue weighted by Gasteiger charge is 2.18. The Morgan fingerprint density at radius 3 is 2.64 bits per heavy atom. The topological polar surface area (TPSA) is 90.1 Å². The number of rotatable bonds is 4. The molecule has 3 rings (SSSR count). The predicted octanol–water partition coefficient (Wildman–Crippen LogP) is 3.51. The van der Waals surface area contributed by atoms with Crippen molar-refractivity contribution in [1.82, 2.24) is 9.55 Å². The molecule has 0 spiro atoms. The molecule has 25 heavy (non-hydrogen) atoms. The Hall–Kier alpha value is -3.22. The van der Waals surface area contributed by atoms with Crippen molar-refractivity contribution in [2.24, 2.45) is 0 Å². The fourth-order valence-corrected chi connectivity index (χ4v) is 2.74. The van der Waals surface area contributed by atoms with Gasteiger partial charge >= 0.3 is 0 Å². The van der Waals surface area contributed by atoms with Crippen molar-refractivity contribution in [2.75, 3.05) is 5.32 Å². The molecule has 0 unspecified atom stereocenters. The number of nitrogens with zero attached hydrogens (tertiary/aromatic N) is 3. The first-order valence-corrected chi connectivity index (χ1v) is 7.82. The summed E-state index contributed by atoms with van der Waals surface area (Å²) >= 11 is 0. The highest BCUT2D eigenvalue weighted by molar-refractivity contribution is 5.94. The van der Waals surface area contributed by atoms with Crippen LogP contribution < -0.4 is 5.32 Å². The molecule has 7 heteroatoms. The summed E-state index contributed by atoms with van der Waals surface area (Å²) in [6, 6.07) is 8.66. The molecule has 128 valence electrons. The van der Waals surface area contributed by atoms with Crippen LogP contribution in [0.15, 0.2) is 36.7 Å². The number of nitro benzene ring substituents is 1. The lowest BCUT2D eigenvalue weighted by atomic mass is 10.1. The second-order valence-corrected chi connectivity index (χ2v) is 6.07. The van der Waals surface area contributed by atoms with Gasteiger partial charge in [0, 0.05) is 6.07 Å². The fourth-order valence-electron chi connectivity index (χ4n) is 2.74. The Balaban J connectivity index is 1.87. The standard InChI is InChI=1S/C18H18N4O3/c1-11-5-4-6-15(22(24)25)18(11)20-17(23)9-21-10-19-14-7-12(2)13(3)8-16(14)21/h4-8,10H,9H2,1-3H3,(H,20,23). The quantitative estimate of drug-likeness (QED) is 0.582. The minimum absolute atomic E-state index is 0.0322. The SMILES string of the molecule is Cc1cc2ncn(CC(=O)Nc3c(C)cccc3[N+](=O)[O-])c2cc1C. The third-order valence-corrected chi connectivity index (χ3v) is 4.26. The van der Waals surface area contributed by atoms with Crippen molar-refractivity contribution in [3.8, 4) is 0 Å². The zero-order chi connectivity index (χ0) is 18.1. The Morgan fingerprint density at radius 1 is 1.20 bits per heavy atom. The van der Waals surface area contributed by atoms with Gasteiger partial charge in [0.25, 0.3) is 5.69 Å². The summed E-state index contributed by atoms with van der Waals surface area (Å²) < 4.78 is 1.74. The van der Waals surface area contributed by atoms with Crippen LogP contribution in [0.2, 0.25) is 0 Å². The van der Waals surface area contributed by atoms with E-state index in [1.807, 2.05) is 26.0 Å². The van der Waals surface area contributed by atoms with Crippen LogP contribution in [0.3, 0.4) is 0 Å². The fraction of sp³-hybridized carbons (Fsp3) is 0.222. The average Bonchev–Trinajstić information content (AvgIpc) is 2.91. The molecule has 1 heterocycles. The van der Waals surface area contributed by atoms with Crippen LogP contribution in [0.25, 0.3) is 11.0 Å². The first-order valence-electron chi connectivity index (χ1n) is 7.82. The Labute approximate surface area is 144 Å². The Morgan fingerprint density at radius 2 is 1.92 bits per heavy atom. The Kier molecular flexibility index (Phi) is 4.22. The van der Waals surface area contributed by atoms with Gasteiger partial charge in [0.05, 0.1) is 22.3 Å². The smallest absolute Gasteiger partial charge is 0.293 e. The van der Waals surface area contributed by atoms with Gasteiger partial charge in [0.2, 0.25) is 5.91 Å². The van der Waals surface area contributed by atoms with Crippen LogP contribution in [0.4, 0.5) is 11.4 Å². The van der Waals surface area contributed by atoms with Crippen LogP contribution >= 0.6 is 0 Å². The number of fused-ring (bicyclic) bond motifs is 1. The highest BCUT2D eigenvalue weighted by Crippen LogP contribution is 2.27. The largest absolute Gasteiger partial charge is 0.321 e. The van der Waals surface area contributed by atoms with Crippen molar-refractivity contribution in [1.29, 1.82) is 0 Å². The van der Waals surface area contributed by atoms with E-state index in [2.05, 4.69) is 10.3 Å². The molecule has 0 saturated carbocycles. The van der Waals surface area contributed by atoms with Gasteiger partial charge < -0.3 is 9.88 Å². The second kappa shape index (κ2) is 6.35. The third-order valence-electron chi connectivity index (χ3n) is 4.26. The number of benzene rings is 2. The van der Waals surface area contributed by atoms with Gasteiger partial charge in [0.1, 0.15) is 12.2 Å². The van der Waals surface area contributed by atoms with Crippen molar-refractivity contribution >= 4 is 28.3 Å². The second-order valence-electron chi connectivity index (χ2n) is 6.07. The molecule has 1 amide bonds. The van der Waals surface area contributed by atoms with Gasteiger partial charge in [-0.25, -0.2) is 4.98 Å². The normalized spacial score (nSPS) is 10.8. The van der Waals surface area contributed by atoms with Crippen molar-refractivity contribution in [3.05, 3.63) is 63.5 Å². The van der Waals surface area contributed by atoms with E-state index in [1.54, 1.807) is 30.0 Å². The van der Waals surface area contributed by atoms with Gasteiger partial charge in [-0.3, -0.25) is 14.9 Å². The van der Waals surface area contributed by atoms with Gasteiger partial charge in [-0.15, -0.1) is 0 Å². The molecule has 0 atom stereocenters. The van der Waals surface area contributed by atoms with Crippen molar-refractivity contribution < 1.29 is 9.72 Å². The molecule has 0 aliphatic heterocycles. The summed E-state index contributed by atoms with van der Waals surface area (Å²) in [5, 5.41) is 13.8. The van der Waals surface area contributed by atoms with Crippen LogP contribution in [-0.4, -0.2) is 20.4 Å². The number of anilines is 1. The van der Waals surface area contributed by atoms with Gasteiger partial charge in [-0.2, -0.15) is 0 Å². The number of nitrogens with one attached hydrogen (secondary N) is 1. The van der Waals surface area contributed by atoms with Gasteiger partial charge in [0.15, 0.2) is 0 Å². The van der Waals surface area contributed by atoms with E-state index in [1.165, 1.54) is 6.07 Å². The van der Waals surface area contributed by atoms with Crippen LogP contribution in [0, 0.1) is 30.9 Å². The molecule has 1 aromatic heterocycles. The Bertz CT molecular complexity index is 991. The number of hydrogen-bond acceptors (Lipinski definition) is 4. The molecule has 0 fully saturated rings. The summed E-state index contributed by atoms with van der Waals surface area (Å²) in [5.41, 5.74) is 4.69. The summed E-state index contributed by atoms with van der Waals surface area (Å²) in [5.74, 6) is -0.338. The van der Waals surface area contributed by atoms with E-state index in [0.29, 0.717) is 5.56 Å². The van der Waals surface area contributed by atoms with E-state index in [9.17, 15) is 14.9 Å². The van der Waals surface area contributed by atoms with E-state index in [4.69, 9.17) is 0 Å². The zero-order valence-electron chi connectivity index (χ0n) is 14.2. The van der Waals surface area contributed by atoms with Gasteiger partial charge in [-0.05, 0) is 49.6 Å². The average molecular weight is 338 g/mol. The van der Waals surface area contributed by atoms with E-state index in [0.717, 1.165) is 22.2 Å². The minimum Gasteiger partial charge on any atom is -0.321 e. The van der Waals surface area contributed by atoms with Crippen LogP contribution in [0.1, 0.15) is 16.7 Å². The third kappa shape index (κ3) is 3.21. The predicted molar refractivity (Wildman–Crippen MR) is 95.7 cm³/mol. The molecular weight excluding hydrogens is 320 g/mol. The minimum atomic E-state index is -0.499. The first kappa shape index (κ1) is 16.6. The molecule has 2 aromatic carbocycles. The molecule has 0 aliphatic carbocycles. The lowest BCUT2D eigenvalue weighted by Crippen LogP contribution is -2.19. The number of imidazole rings is 1. The number of hydrogen-bond donors (Lipinski definition) is 1. The maximum absolute atomic E-state index is 12.4. The molecule has 3 aromatic rings. The van der Waals surface area contributed by atoms with Crippen molar-refractivity contribution in [3.63, 3.8) is 0 Å². The van der Waals surface area contributed by atoms with Crippen LogP contribution in [-0.2, 0) is 11.3 Å². The summed E-state index contributed by atoms with van der Waals surface area (Å²) in [6.07, 6.45) is 1.61. The van der Waals surface area contributed by atoms with E-state index in [-0.39, 0.29) is 23.8 Å². The number of nitro groups is 1.